The molecule has 2 rings (SSSR count). The van der Waals surface area contributed by atoms with Gasteiger partial charge in [0.1, 0.15) is 5.75 Å². The first-order valence-corrected chi connectivity index (χ1v) is 9.58. The molecule has 0 N–H and O–H groups in total. The van der Waals surface area contributed by atoms with Crippen molar-refractivity contribution < 1.29 is 17.9 Å². The molecule has 23 heavy (non-hydrogen) atoms. The molecule has 1 fully saturated rings. The Labute approximate surface area is 142 Å². The van der Waals surface area contributed by atoms with Gasteiger partial charge in [-0.2, -0.15) is 4.31 Å². The Morgan fingerprint density at radius 1 is 1.26 bits per heavy atom. The largest absolute Gasteiger partial charge is 0.479 e. The summed E-state index contributed by atoms with van der Waals surface area (Å²) in [5.74, 6) is 0.304. The molecule has 1 aliphatic heterocycles. The normalized spacial score (nSPS) is 17.8. The van der Waals surface area contributed by atoms with Crippen molar-refractivity contribution in [3.8, 4) is 5.75 Å². The Hall–Kier alpha value is -1.31. The van der Waals surface area contributed by atoms with Crippen LogP contribution in [0.4, 0.5) is 0 Å². The highest BCUT2D eigenvalue weighted by Crippen LogP contribution is 2.26. The van der Waals surface area contributed by atoms with Gasteiger partial charge in [0, 0.05) is 26.2 Å². The number of halogens is 1. The van der Waals surface area contributed by atoms with Gasteiger partial charge in [-0.05, 0) is 31.5 Å². The molecular weight excluding hydrogens is 340 g/mol. The second-order valence-corrected chi connectivity index (χ2v) is 8.07. The van der Waals surface area contributed by atoms with Crippen LogP contribution in [0.3, 0.4) is 0 Å². The van der Waals surface area contributed by atoms with Crippen LogP contribution in [0.25, 0.3) is 0 Å². The molecule has 1 amide bonds. The third kappa shape index (κ3) is 4.59. The van der Waals surface area contributed by atoms with Gasteiger partial charge in [-0.25, -0.2) is 8.42 Å². The second kappa shape index (κ2) is 7.07. The fraction of sp³-hybridized carbons (Fsp3) is 0.533. The average molecular weight is 361 g/mol. The van der Waals surface area contributed by atoms with E-state index in [9.17, 15) is 13.2 Å². The number of piperazine rings is 1. The summed E-state index contributed by atoms with van der Waals surface area (Å²) in [6.07, 6.45) is 0.495. The number of carbonyl (C=O) groups excluding carboxylic acids is 1. The molecule has 1 aliphatic rings. The Bertz CT molecular complexity index is 685. The zero-order valence-electron chi connectivity index (χ0n) is 13.5. The minimum absolute atomic E-state index is 0.171. The molecule has 1 aromatic rings. The molecule has 1 heterocycles. The number of carbonyl (C=O) groups is 1. The maximum absolute atomic E-state index is 12.4. The first kappa shape index (κ1) is 18.0. The van der Waals surface area contributed by atoms with Crippen LogP contribution in [-0.2, 0) is 14.8 Å². The number of hydrogen-bond donors (Lipinski definition) is 0. The van der Waals surface area contributed by atoms with E-state index in [4.69, 9.17) is 16.3 Å². The highest BCUT2D eigenvalue weighted by molar-refractivity contribution is 7.88. The minimum atomic E-state index is -3.21. The molecule has 1 aromatic carbocycles. The van der Waals surface area contributed by atoms with Gasteiger partial charge in [-0.3, -0.25) is 4.79 Å². The average Bonchev–Trinajstić information content (AvgIpc) is 2.49. The van der Waals surface area contributed by atoms with E-state index in [-0.39, 0.29) is 5.91 Å². The lowest BCUT2D eigenvalue weighted by molar-refractivity contribution is -0.139. The fourth-order valence-electron chi connectivity index (χ4n) is 2.44. The Balaban J connectivity index is 1.97. The highest BCUT2D eigenvalue weighted by atomic mass is 35.5. The van der Waals surface area contributed by atoms with E-state index in [1.807, 2.05) is 13.0 Å². The van der Waals surface area contributed by atoms with Gasteiger partial charge in [0.05, 0.1) is 11.3 Å². The lowest BCUT2D eigenvalue weighted by atomic mass is 10.2. The summed E-state index contributed by atoms with van der Waals surface area (Å²) < 4.78 is 30.0. The van der Waals surface area contributed by atoms with E-state index in [0.29, 0.717) is 37.0 Å². The van der Waals surface area contributed by atoms with Crippen LogP contribution in [0.2, 0.25) is 5.02 Å². The first-order valence-electron chi connectivity index (χ1n) is 7.35. The van der Waals surface area contributed by atoms with Crippen molar-refractivity contribution in [1.82, 2.24) is 9.21 Å². The Morgan fingerprint density at radius 3 is 2.43 bits per heavy atom. The van der Waals surface area contributed by atoms with Crippen LogP contribution < -0.4 is 4.74 Å². The van der Waals surface area contributed by atoms with Crippen molar-refractivity contribution in [2.45, 2.75) is 20.0 Å². The maximum Gasteiger partial charge on any atom is 0.263 e. The van der Waals surface area contributed by atoms with Crippen molar-refractivity contribution in [3.63, 3.8) is 0 Å². The SMILES string of the molecule is Cc1ccc(Cl)c(OC(C)C(=O)N2CCN(S(C)(=O)=O)CC2)c1. The lowest BCUT2D eigenvalue weighted by Gasteiger charge is -2.34. The van der Waals surface area contributed by atoms with E-state index >= 15 is 0 Å². The fourth-order valence-corrected chi connectivity index (χ4v) is 3.43. The zero-order chi connectivity index (χ0) is 17.2. The number of nitrogens with zero attached hydrogens (tertiary/aromatic N) is 2. The molecule has 0 radical (unpaired) electrons. The Morgan fingerprint density at radius 2 is 1.87 bits per heavy atom. The molecule has 0 aliphatic carbocycles. The third-order valence-corrected chi connectivity index (χ3v) is 5.37. The molecule has 0 aromatic heterocycles. The van der Waals surface area contributed by atoms with Crippen molar-refractivity contribution >= 4 is 27.5 Å². The molecule has 128 valence electrons. The van der Waals surface area contributed by atoms with E-state index < -0.39 is 16.1 Å². The molecule has 0 spiro atoms. The minimum Gasteiger partial charge on any atom is -0.479 e. The molecule has 1 saturated heterocycles. The summed E-state index contributed by atoms with van der Waals surface area (Å²) in [5, 5.41) is 0.456. The molecule has 1 unspecified atom stereocenters. The van der Waals surface area contributed by atoms with E-state index in [1.165, 1.54) is 10.6 Å². The van der Waals surface area contributed by atoms with Gasteiger partial charge < -0.3 is 9.64 Å². The number of aryl methyl sites for hydroxylation is 1. The smallest absolute Gasteiger partial charge is 0.263 e. The Kier molecular flexibility index (Phi) is 5.54. The topological polar surface area (TPSA) is 66.9 Å². The van der Waals surface area contributed by atoms with Gasteiger partial charge in [0.2, 0.25) is 10.0 Å². The van der Waals surface area contributed by atoms with E-state index in [0.717, 1.165) is 5.56 Å². The predicted octanol–water partition coefficient (Wildman–Crippen LogP) is 1.52. The highest BCUT2D eigenvalue weighted by Gasteiger charge is 2.29. The molecule has 0 bridgehead atoms. The summed E-state index contributed by atoms with van der Waals surface area (Å²) >= 11 is 6.08. The van der Waals surface area contributed by atoms with Gasteiger partial charge in [0.15, 0.2) is 6.10 Å². The number of ether oxygens (including phenoxy) is 1. The van der Waals surface area contributed by atoms with Crippen LogP contribution >= 0.6 is 11.6 Å². The van der Waals surface area contributed by atoms with Crippen LogP contribution in [0.15, 0.2) is 18.2 Å². The molecule has 8 heteroatoms. The predicted molar refractivity (Wildman–Crippen MR) is 89.3 cm³/mol. The summed E-state index contributed by atoms with van der Waals surface area (Å²) in [5.41, 5.74) is 0.991. The quantitative estimate of drug-likeness (QED) is 0.816. The van der Waals surface area contributed by atoms with Crippen molar-refractivity contribution in [2.24, 2.45) is 0 Å². The number of rotatable bonds is 4. The van der Waals surface area contributed by atoms with Crippen molar-refractivity contribution in [2.75, 3.05) is 32.4 Å². The zero-order valence-corrected chi connectivity index (χ0v) is 15.0. The standard InChI is InChI=1S/C15H21ClN2O4S/c1-11-4-5-13(16)14(10-11)22-12(2)15(19)17-6-8-18(9-7-17)23(3,20)21/h4-5,10,12H,6-9H2,1-3H3. The summed E-state index contributed by atoms with van der Waals surface area (Å²) in [4.78, 5) is 14.1. The van der Waals surface area contributed by atoms with E-state index in [2.05, 4.69) is 0 Å². The van der Waals surface area contributed by atoms with Gasteiger partial charge in [-0.1, -0.05) is 17.7 Å². The summed E-state index contributed by atoms with van der Waals surface area (Å²) in [6.45, 7) is 4.93. The van der Waals surface area contributed by atoms with Gasteiger partial charge in [0.25, 0.3) is 5.91 Å². The monoisotopic (exact) mass is 360 g/mol. The van der Waals surface area contributed by atoms with Crippen LogP contribution in [0, 0.1) is 6.92 Å². The van der Waals surface area contributed by atoms with Crippen LogP contribution in [0.1, 0.15) is 12.5 Å². The van der Waals surface area contributed by atoms with Crippen molar-refractivity contribution in [1.29, 1.82) is 0 Å². The summed E-state index contributed by atoms with van der Waals surface area (Å²) in [6, 6.07) is 5.38. The van der Waals surface area contributed by atoms with Crippen LogP contribution in [-0.4, -0.2) is 62.1 Å². The van der Waals surface area contributed by atoms with Crippen molar-refractivity contribution in [3.05, 3.63) is 28.8 Å². The van der Waals surface area contributed by atoms with Gasteiger partial charge >= 0.3 is 0 Å². The maximum atomic E-state index is 12.4. The number of hydrogen-bond acceptors (Lipinski definition) is 4. The van der Waals surface area contributed by atoms with Crippen LogP contribution in [0.5, 0.6) is 5.75 Å². The molecular formula is C15H21ClN2O4S. The number of amides is 1. The third-order valence-electron chi connectivity index (χ3n) is 3.76. The summed E-state index contributed by atoms with van der Waals surface area (Å²) in [7, 11) is -3.21. The molecule has 6 nitrogen and oxygen atoms in total. The van der Waals surface area contributed by atoms with E-state index in [1.54, 1.807) is 24.0 Å². The molecule has 1 atom stereocenters. The lowest BCUT2D eigenvalue weighted by Crippen LogP contribution is -2.53. The van der Waals surface area contributed by atoms with Gasteiger partial charge in [-0.15, -0.1) is 0 Å². The number of benzene rings is 1. The first-order chi connectivity index (χ1) is 10.7. The number of sulfonamides is 1. The second-order valence-electron chi connectivity index (χ2n) is 5.68. The molecule has 0 saturated carbocycles.